The van der Waals surface area contributed by atoms with Gasteiger partial charge in [0, 0.05) is 16.8 Å². The second-order valence-electron chi connectivity index (χ2n) is 4.26. The topological polar surface area (TPSA) is 17.0 Å². The molecule has 3 heteroatoms. The van der Waals surface area contributed by atoms with Gasteiger partial charge in [0.25, 0.3) is 0 Å². The van der Waals surface area contributed by atoms with E-state index in [1.165, 1.54) is 23.7 Å². The highest BCUT2D eigenvalue weighted by Crippen LogP contribution is 2.27. The molecule has 3 rings (SSSR count). The van der Waals surface area contributed by atoms with Gasteiger partial charge in [0.05, 0.1) is 5.52 Å². The van der Waals surface area contributed by atoms with Crippen LogP contribution in [0.4, 0.5) is 0 Å². The van der Waals surface area contributed by atoms with Crippen LogP contribution in [0.3, 0.4) is 0 Å². The molecule has 0 saturated carbocycles. The number of para-hydroxylation sites is 1. The summed E-state index contributed by atoms with van der Waals surface area (Å²) in [4.78, 5) is 0. The fraction of sp³-hybridized carbons (Fsp3) is 0.385. The lowest BCUT2D eigenvalue weighted by Crippen LogP contribution is -2.29. The van der Waals surface area contributed by atoms with Crippen molar-refractivity contribution >= 4 is 22.9 Å². The Balaban J connectivity index is 1.83. The van der Waals surface area contributed by atoms with Gasteiger partial charge in [-0.2, -0.15) is 0 Å². The summed E-state index contributed by atoms with van der Waals surface area (Å²) in [6.45, 7) is 2.33. The van der Waals surface area contributed by atoms with Gasteiger partial charge in [-0.15, -0.1) is 0 Å². The van der Waals surface area contributed by atoms with Gasteiger partial charge in [-0.3, -0.25) is 3.97 Å². The Bertz CT molecular complexity index is 471. The van der Waals surface area contributed by atoms with Crippen molar-refractivity contribution < 1.29 is 0 Å². The fourth-order valence-electron chi connectivity index (χ4n) is 2.21. The van der Waals surface area contributed by atoms with E-state index in [4.69, 9.17) is 0 Å². The van der Waals surface area contributed by atoms with Crippen LogP contribution in [0.15, 0.2) is 36.5 Å². The number of rotatable bonds is 2. The number of nitrogens with zero attached hydrogens (tertiary/aromatic N) is 1. The summed E-state index contributed by atoms with van der Waals surface area (Å²) < 4.78 is 2.32. The molecule has 0 amide bonds. The van der Waals surface area contributed by atoms with Crippen molar-refractivity contribution in [3.63, 3.8) is 0 Å². The van der Waals surface area contributed by atoms with Gasteiger partial charge in [-0.05, 0) is 50.0 Å². The first kappa shape index (κ1) is 10.2. The highest BCUT2D eigenvalue weighted by molar-refractivity contribution is 7.98. The van der Waals surface area contributed by atoms with E-state index in [9.17, 15) is 0 Å². The number of fused-ring (bicyclic) bond motifs is 1. The summed E-state index contributed by atoms with van der Waals surface area (Å²) in [5, 5.41) is 5.51. The molecule has 0 aliphatic carbocycles. The van der Waals surface area contributed by atoms with E-state index in [2.05, 4.69) is 45.8 Å². The van der Waals surface area contributed by atoms with Crippen molar-refractivity contribution in [1.29, 1.82) is 0 Å². The molecule has 1 aromatic carbocycles. The molecule has 2 aromatic rings. The Morgan fingerprint density at radius 3 is 2.81 bits per heavy atom. The molecule has 1 aliphatic heterocycles. The third kappa shape index (κ3) is 1.97. The van der Waals surface area contributed by atoms with Crippen molar-refractivity contribution in [2.24, 2.45) is 0 Å². The molecule has 0 spiro atoms. The highest BCUT2D eigenvalue weighted by Gasteiger charge is 2.14. The Hall–Kier alpha value is -0.930. The van der Waals surface area contributed by atoms with E-state index in [-0.39, 0.29) is 0 Å². The molecule has 0 atom stereocenters. The van der Waals surface area contributed by atoms with Crippen LogP contribution in [-0.4, -0.2) is 22.3 Å². The molecule has 1 saturated heterocycles. The van der Waals surface area contributed by atoms with Gasteiger partial charge in [-0.25, -0.2) is 0 Å². The molecule has 16 heavy (non-hydrogen) atoms. The molecule has 0 unspecified atom stereocenters. The summed E-state index contributed by atoms with van der Waals surface area (Å²) >= 11 is 1.98. The molecular weight excluding hydrogens is 216 g/mol. The van der Waals surface area contributed by atoms with Gasteiger partial charge in [0.1, 0.15) is 0 Å². The molecule has 84 valence electrons. The van der Waals surface area contributed by atoms with Crippen molar-refractivity contribution in [2.75, 3.05) is 13.1 Å². The van der Waals surface area contributed by atoms with E-state index in [0.717, 1.165) is 18.3 Å². The molecule has 0 bridgehead atoms. The molecule has 1 aromatic heterocycles. The minimum Gasteiger partial charge on any atom is -0.317 e. The molecule has 1 N–H and O–H groups in total. The van der Waals surface area contributed by atoms with Crippen molar-refractivity contribution in [3.05, 3.63) is 36.5 Å². The Morgan fingerprint density at radius 1 is 1.12 bits per heavy atom. The third-order valence-electron chi connectivity index (χ3n) is 3.11. The van der Waals surface area contributed by atoms with Crippen LogP contribution in [0.2, 0.25) is 0 Å². The summed E-state index contributed by atoms with van der Waals surface area (Å²) in [5.41, 5.74) is 1.34. The standard InChI is InChI=1S/C13H16N2S/c1-2-4-13-11(3-1)7-10-15(13)16-12-5-8-14-9-6-12/h1-4,7,10,12,14H,5-6,8-9H2. The lowest BCUT2D eigenvalue weighted by Gasteiger charge is -2.22. The first-order chi connectivity index (χ1) is 7.93. The SMILES string of the molecule is c1ccc2c(c1)ccn2SC1CCNCC1. The van der Waals surface area contributed by atoms with Gasteiger partial charge in [-0.1, -0.05) is 18.2 Å². The Morgan fingerprint density at radius 2 is 1.94 bits per heavy atom. The lowest BCUT2D eigenvalue weighted by atomic mass is 10.2. The summed E-state index contributed by atoms with van der Waals surface area (Å²) in [7, 11) is 0. The van der Waals surface area contributed by atoms with Gasteiger partial charge in [0.15, 0.2) is 0 Å². The molecule has 1 fully saturated rings. The van der Waals surface area contributed by atoms with E-state index in [1.807, 2.05) is 11.9 Å². The molecule has 1 aliphatic rings. The minimum atomic E-state index is 0.761. The maximum atomic E-state index is 3.41. The molecule has 2 nitrogen and oxygen atoms in total. The fourth-order valence-corrected chi connectivity index (χ4v) is 3.39. The van der Waals surface area contributed by atoms with E-state index in [1.54, 1.807) is 0 Å². The van der Waals surface area contributed by atoms with Crippen LogP contribution >= 0.6 is 11.9 Å². The monoisotopic (exact) mass is 232 g/mol. The second kappa shape index (κ2) is 4.52. The number of piperidine rings is 1. The zero-order chi connectivity index (χ0) is 10.8. The van der Waals surface area contributed by atoms with E-state index in [0.29, 0.717) is 0 Å². The van der Waals surface area contributed by atoms with Crippen LogP contribution in [0.1, 0.15) is 12.8 Å². The molecule has 0 radical (unpaired) electrons. The van der Waals surface area contributed by atoms with Crippen LogP contribution in [0.5, 0.6) is 0 Å². The number of nitrogens with one attached hydrogen (secondary N) is 1. The van der Waals surface area contributed by atoms with Gasteiger partial charge in [0.2, 0.25) is 0 Å². The molecule has 2 heterocycles. The predicted molar refractivity (Wildman–Crippen MR) is 70.8 cm³/mol. The average Bonchev–Trinajstić information content (AvgIpc) is 2.74. The second-order valence-corrected chi connectivity index (χ2v) is 5.53. The third-order valence-corrected chi connectivity index (χ3v) is 4.43. The van der Waals surface area contributed by atoms with Crippen LogP contribution in [0.25, 0.3) is 10.9 Å². The van der Waals surface area contributed by atoms with Crippen molar-refractivity contribution in [3.8, 4) is 0 Å². The maximum Gasteiger partial charge on any atom is 0.0591 e. The first-order valence-electron chi connectivity index (χ1n) is 5.87. The summed E-state index contributed by atoms with van der Waals surface area (Å²) in [6.07, 6.45) is 4.74. The number of aromatic nitrogens is 1. The van der Waals surface area contributed by atoms with Crippen LogP contribution < -0.4 is 5.32 Å². The quantitative estimate of drug-likeness (QED) is 0.857. The zero-order valence-corrected chi connectivity index (χ0v) is 10.0. The van der Waals surface area contributed by atoms with Crippen LogP contribution in [0, 0.1) is 0 Å². The highest BCUT2D eigenvalue weighted by atomic mass is 32.2. The summed E-state index contributed by atoms with van der Waals surface area (Å²) in [5.74, 6) is 0. The first-order valence-corrected chi connectivity index (χ1v) is 6.71. The normalized spacial score (nSPS) is 18.0. The number of hydrogen-bond donors (Lipinski definition) is 1. The maximum absolute atomic E-state index is 3.41. The lowest BCUT2D eigenvalue weighted by molar-refractivity contribution is 0.531. The van der Waals surface area contributed by atoms with Gasteiger partial charge < -0.3 is 5.32 Å². The van der Waals surface area contributed by atoms with E-state index >= 15 is 0 Å². The number of hydrogen-bond acceptors (Lipinski definition) is 2. The van der Waals surface area contributed by atoms with Crippen molar-refractivity contribution in [1.82, 2.24) is 9.29 Å². The minimum absolute atomic E-state index is 0.761. The zero-order valence-electron chi connectivity index (χ0n) is 9.23. The predicted octanol–water partition coefficient (Wildman–Crippen LogP) is 2.89. The van der Waals surface area contributed by atoms with Gasteiger partial charge >= 0.3 is 0 Å². The Kier molecular flexibility index (Phi) is 2.89. The van der Waals surface area contributed by atoms with Crippen LogP contribution in [-0.2, 0) is 0 Å². The van der Waals surface area contributed by atoms with E-state index < -0.39 is 0 Å². The molecular formula is C13H16N2S. The Labute approximate surface area is 100 Å². The smallest absolute Gasteiger partial charge is 0.0591 e. The number of benzene rings is 1. The van der Waals surface area contributed by atoms with Crippen molar-refractivity contribution in [2.45, 2.75) is 18.1 Å². The average molecular weight is 232 g/mol. The summed E-state index contributed by atoms with van der Waals surface area (Å²) in [6, 6.07) is 10.8. The largest absolute Gasteiger partial charge is 0.317 e.